The highest BCUT2D eigenvalue weighted by Gasteiger charge is 2.54. The number of fused-ring (bicyclic) bond motifs is 8. The van der Waals surface area contributed by atoms with Gasteiger partial charge in [-0.3, -0.25) is 0 Å². The summed E-state index contributed by atoms with van der Waals surface area (Å²) in [6.45, 7) is 4.32. The fourth-order valence-corrected chi connectivity index (χ4v) is 12.0. The van der Waals surface area contributed by atoms with Crippen LogP contribution in [0.2, 0.25) is 0 Å². The second-order valence-electron chi connectivity index (χ2n) is 18.5. The van der Waals surface area contributed by atoms with Crippen molar-refractivity contribution in [3.8, 4) is 17.4 Å². The molecule has 10 aromatic carbocycles. The molecule has 68 heavy (non-hydrogen) atoms. The summed E-state index contributed by atoms with van der Waals surface area (Å²) < 4.78 is 4.78. The van der Waals surface area contributed by atoms with Crippen molar-refractivity contribution < 1.29 is 0 Å². The third-order valence-electron chi connectivity index (χ3n) is 14.9. The van der Waals surface area contributed by atoms with E-state index < -0.39 is 10.8 Å². The Kier molecular flexibility index (Phi) is 8.84. The van der Waals surface area contributed by atoms with Crippen LogP contribution in [0.1, 0.15) is 61.2 Å². The van der Waals surface area contributed by atoms with Gasteiger partial charge in [-0.2, -0.15) is 5.26 Å². The number of benzene rings is 10. The molecule has 2 unspecified atom stereocenters. The van der Waals surface area contributed by atoms with Gasteiger partial charge in [-0.1, -0.05) is 175 Å². The molecule has 0 spiro atoms. The number of nitriles is 1. The lowest BCUT2D eigenvalue weighted by atomic mass is 9.50. The number of para-hydroxylation sites is 4. The number of aromatic nitrogens is 2. The van der Waals surface area contributed by atoms with Crippen molar-refractivity contribution in [3.05, 3.63) is 298 Å². The van der Waals surface area contributed by atoms with Crippen molar-refractivity contribution in [2.75, 3.05) is 0 Å². The molecule has 1 aliphatic rings. The third kappa shape index (κ3) is 5.52. The molecule has 0 aliphatic heterocycles. The quantitative estimate of drug-likeness (QED) is 0.164. The molecule has 320 valence electrons. The fourth-order valence-electron chi connectivity index (χ4n) is 12.0. The Hall–Kier alpha value is -8.71. The number of aryl methyl sites for hydroxylation is 2. The molecule has 1 aliphatic carbocycles. The third-order valence-corrected chi connectivity index (χ3v) is 14.9. The molecule has 0 radical (unpaired) electrons. The van der Waals surface area contributed by atoms with Crippen molar-refractivity contribution in [1.82, 2.24) is 9.13 Å². The van der Waals surface area contributed by atoms with Crippen LogP contribution in [0.3, 0.4) is 0 Å². The van der Waals surface area contributed by atoms with E-state index in [-0.39, 0.29) is 0 Å². The fraction of sp³-hybridized carbons (Fsp3) is 0.0615. The van der Waals surface area contributed by atoms with Crippen molar-refractivity contribution in [1.29, 1.82) is 5.26 Å². The summed E-state index contributed by atoms with van der Waals surface area (Å²) in [5.41, 5.74) is 17.5. The van der Waals surface area contributed by atoms with E-state index in [1.54, 1.807) is 0 Å². The Morgan fingerprint density at radius 2 is 0.706 bits per heavy atom. The van der Waals surface area contributed by atoms with Gasteiger partial charge in [-0.15, -0.1) is 0 Å². The molecule has 2 heterocycles. The van der Waals surface area contributed by atoms with Gasteiger partial charge < -0.3 is 9.13 Å². The van der Waals surface area contributed by atoms with Gasteiger partial charge in [0.1, 0.15) is 0 Å². The smallest absolute Gasteiger partial charge is 0.0991 e. The maximum atomic E-state index is 10.9. The number of rotatable bonds is 6. The molecule has 0 fully saturated rings. The van der Waals surface area contributed by atoms with Crippen LogP contribution in [0.5, 0.6) is 0 Å². The van der Waals surface area contributed by atoms with Crippen LogP contribution in [0, 0.1) is 25.2 Å². The lowest BCUT2D eigenvalue weighted by Crippen LogP contribution is -2.45. The predicted molar refractivity (Wildman–Crippen MR) is 279 cm³/mol. The summed E-state index contributed by atoms with van der Waals surface area (Å²) in [6, 6.07) is 89.7. The Morgan fingerprint density at radius 1 is 0.324 bits per heavy atom. The Bertz CT molecular complexity index is 3980. The first-order valence-corrected chi connectivity index (χ1v) is 23.5. The first-order valence-electron chi connectivity index (χ1n) is 23.5. The van der Waals surface area contributed by atoms with Gasteiger partial charge in [0, 0.05) is 32.9 Å². The van der Waals surface area contributed by atoms with E-state index in [4.69, 9.17) is 0 Å². The van der Waals surface area contributed by atoms with E-state index >= 15 is 0 Å². The zero-order valence-corrected chi connectivity index (χ0v) is 37.9. The maximum absolute atomic E-state index is 10.9. The lowest BCUT2D eigenvalue weighted by Gasteiger charge is -2.51. The zero-order valence-electron chi connectivity index (χ0n) is 37.9. The summed E-state index contributed by atoms with van der Waals surface area (Å²) in [5, 5.41) is 15.7. The first-order chi connectivity index (χ1) is 33.5. The summed E-state index contributed by atoms with van der Waals surface area (Å²) in [7, 11) is 0. The van der Waals surface area contributed by atoms with E-state index in [1.807, 2.05) is 6.07 Å². The monoisotopic (exact) mass is 867 g/mol. The van der Waals surface area contributed by atoms with Crippen molar-refractivity contribution in [3.63, 3.8) is 0 Å². The molecular weight excluding hydrogens is 823 g/mol. The molecule has 13 rings (SSSR count). The zero-order chi connectivity index (χ0) is 45.6. The van der Waals surface area contributed by atoms with E-state index in [0.29, 0.717) is 5.56 Å². The number of nitrogens with zero attached hydrogens (tertiary/aromatic N) is 3. The van der Waals surface area contributed by atoms with Gasteiger partial charge in [0.15, 0.2) is 0 Å². The van der Waals surface area contributed by atoms with Crippen LogP contribution in [-0.2, 0) is 10.8 Å². The lowest BCUT2D eigenvalue weighted by molar-refractivity contribution is 0.615. The number of hydrogen-bond donors (Lipinski definition) is 0. The highest BCUT2D eigenvalue weighted by atomic mass is 15.0. The molecule has 0 saturated carbocycles. The average molecular weight is 868 g/mol. The van der Waals surface area contributed by atoms with Crippen LogP contribution in [0.4, 0.5) is 0 Å². The minimum absolute atomic E-state index is 0.626. The summed E-state index contributed by atoms with van der Waals surface area (Å²) in [6.07, 6.45) is 0. The summed E-state index contributed by atoms with van der Waals surface area (Å²) in [4.78, 5) is 0. The van der Waals surface area contributed by atoms with Crippen LogP contribution in [0.25, 0.3) is 55.0 Å². The highest BCUT2D eigenvalue weighted by molar-refractivity contribution is 6.11. The average Bonchev–Trinajstić information content (AvgIpc) is 3.91. The first kappa shape index (κ1) is 39.6. The van der Waals surface area contributed by atoms with Crippen LogP contribution < -0.4 is 0 Å². The van der Waals surface area contributed by atoms with E-state index in [9.17, 15) is 5.26 Å². The van der Waals surface area contributed by atoms with Gasteiger partial charge in [-0.25, -0.2) is 0 Å². The Labute approximate surface area is 396 Å². The summed E-state index contributed by atoms with van der Waals surface area (Å²) >= 11 is 0. The van der Waals surface area contributed by atoms with E-state index in [2.05, 4.69) is 260 Å². The van der Waals surface area contributed by atoms with E-state index in [0.717, 1.165) is 50.2 Å². The molecule has 0 saturated heterocycles. The molecule has 3 nitrogen and oxygen atoms in total. The molecule has 12 aromatic rings. The van der Waals surface area contributed by atoms with Gasteiger partial charge in [-0.05, 0) is 131 Å². The SMILES string of the molecule is Cc1ccc(C2(c3ccc4c(c3)c3ccccc3n4-c3ccccc3)c3ccccc3C(c3ccc(C)cc3)(c3ccc4c(c3)c3ccccc3n4-c3ccccc3)c3cc(C#N)ccc32)cc1. The molecule has 2 atom stereocenters. The topological polar surface area (TPSA) is 33.6 Å². The van der Waals surface area contributed by atoms with E-state index in [1.165, 1.54) is 60.4 Å². The van der Waals surface area contributed by atoms with Crippen molar-refractivity contribution >= 4 is 43.6 Å². The standard InChI is InChI=1S/C65H45N3/c1-43-25-30-46(31-26-43)64(48-34-37-62-54(40-48)52-19-9-13-23-60(52)67(62)50-15-5-3-6-16-50)56-21-11-12-22-57(56)65(47-32-27-44(2)28-33-47,59-39-45(42-66)29-36-58(59)64)49-35-38-63-55(41-49)53-20-10-14-24-61(53)68(63)51-17-7-4-8-18-51/h3-41H,1-2H3. The Morgan fingerprint density at radius 3 is 1.18 bits per heavy atom. The molecule has 2 aromatic heterocycles. The molecule has 3 heteroatoms. The van der Waals surface area contributed by atoms with Gasteiger partial charge in [0.05, 0.1) is 44.5 Å². The molecular formula is C65H45N3. The Balaban J connectivity index is 1.18. The van der Waals surface area contributed by atoms with Crippen molar-refractivity contribution in [2.24, 2.45) is 0 Å². The second-order valence-corrected chi connectivity index (χ2v) is 18.5. The van der Waals surface area contributed by atoms with Crippen LogP contribution in [-0.4, -0.2) is 9.13 Å². The predicted octanol–water partition coefficient (Wildman–Crippen LogP) is 15.4. The van der Waals surface area contributed by atoms with Gasteiger partial charge in [0.2, 0.25) is 0 Å². The highest BCUT2D eigenvalue weighted by Crippen LogP contribution is 2.61. The second kappa shape index (κ2) is 15.2. The number of hydrogen-bond acceptors (Lipinski definition) is 1. The largest absolute Gasteiger partial charge is 0.309 e. The summed E-state index contributed by atoms with van der Waals surface area (Å²) in [5.74, 6) is 0. The van der Waals surface area contributed by atoms with Crippen LogP contribution in [0.15, 0.2) is 237 Å². The van der Waals surface area contributed by atoms with Gasteiger partial charge >= 0.3 is 0 Å². The maximum Gasteiger partial charge on any atom is 0.0991 e. The molecule has 0 amide bonds. The normalized spacial score (nSPS) is 16.5. The van der Waals surface area contributed by atoms with Crippen molar-refractivity contribution in [2.45, 2.75) is 24.7 Å². The van der Waals surface area contributed by atoms with Gasteiger partial charge in [0.25, 0.3) is 0 Å². The molecule has 0 bridgehead atoms. The minimum Gasteiger partial charge on any atom is -0.309 e. The molecule has 0 N–H and O–H groups in total. The van der Waals surface area contributed by atoms with Crippen LogP contribution >= 0.6 is 0 Å². The minimum atomic E-state index is -0.835.